The van der Waals surface area contributed by atoms with E-state index in [2.05, 4.69) is 20.8 Å². The first-order chi connectivity index (χ1) is 7.59. The first kappa shape index (κ1) is 12.4. The zero-order chi connectivity index (χ0) is 11.8. The Labute approximate surface area is 101 Å². The van der Waals surface area contributed by atoms with Gasteiger partial charge in [-0.15, -0.1) is 0 Å². The van der Waals surface area contributed by atoms with Gasteiger partial charge in [-0.05, 0) is 54.9 Å². The van der Waals surface area contributed by atoms with E-state index in [0.717, 1.165) is 30.2 Å². The fraction of sp³-hybridized carbons (Fsp3) is 1.00. The van der Waals surface area contributed by atoms with Gasteiger partial charge in [0, 0.05) is 0 Å². The number of nitrogens with two attached hydrogens (primary N) is 1. The van der Waals surface area contributed by atoms with Crippen molar-refractivity contribution in [3.63, 3.8) is 0 Å². The van der Waals surface area contributed by atoms with Gasteiger partial charge in [-0.2, -0.15) is 0 Å². The summed E-state index contributed by atoms with van der Waals surface area (Å²) in [4.78, 5) is 0. The third-order valence-electron chi connectivity index (χ3n) is 5.84. The Morgan fingerprint density at radius 2 is 2.00 bits per heavy atom. The standard InChI is InChI=1S/C15H29N/c1-11-6-5-9-15(3)13(11)7-4-8-14(15)12(2)10-16/h11-14H,4-10,16H2,1-3H3/t11-,12+,13-,14+,15-/m0/s1. The lowest BCUT2D eigenvalue weighted by molar-refractivity contribution is -0.0497. The number of fused-ring (bicyclic) bond motifs is 1. The molecule has 1 heteroatoms. The van der Waals surface area contributed by atoms with Crippen LogP contribution >= 0.6 is 0 Å². The molecular formula is C15H29N. The van der Waals surface area contributed by atoms with Gasteiger partial charge < -0.3 is 5.73 Å². The maximum absolute atomic E-state index is 5.92. The molecule has 0 spiro atoms. The highest BCUT2D eigenvalue weighted by atomic mass is 14.6. The fourth-order valence-electron chi connectivity index (χ4n) is 4.90. The molecule has 2 N–H and O–H groups in total. The molecule has 1 nitrogen and oxygen atoms in total. The van der Waals surface area contributed by atoms with Gasteiger partial charge in [0.25, 0.3) is 0 Å². The van der Waals surface area contributed by atoms with Gasteiger partial charge in [0.05, 0.1) is 0 Å². The molecule has 0 radical (unpaired) electrons. The van der Waals surface area contributed by atoms with Crippen molar-refractivity contribution in [1.29, 1.82) is 0 Å². The lowest BCUT2D eigenvalue weighted by atomic mass is 9.50. The van der Waals surface area contributed by atoms with E-state index in [1.165, 1.54) is 38.5 Å². The van der Waals surface area contributed by atoms with Crippen LogP contribution in [0.25, 0.3) is 0 Å². The smallest absolute Gasteiger partial charge is 0.00486 e. The van der Waals surface area contributed by atoms with E-state index < -0.39 is 0 Å². The molecule has 0 saturated heterocycles. The minimum atomic E-state index is 0.606. The minimum Gasteiger partial charge on any atom is -0.330 e. The molecule has 2 aliphatic rings. The van der Waals surface area contributed by atoms with Crippen molar-refractivity contribution in [3.05, 3.63) is 0 Å². The van der Waals surface area contributed by atoms with Gasteiger partial charge >= 0.3 is 0 Å². The highest BCUT2D eigenvalue weighted by Gasteiger charge is 2.48. The van der Waals surface area contributed by atoms with Crippen molar-refractivity contribution in [2.45, 2.75) is 59.3 Å². The summed E-state index contributed by atoms with van der Waals surface area (Å²) in [5.41, 5.74) is 6.52. The van der Waals surface area contributed by atoms with Crippen LogP contribution in [0.1, 0.15) is 59.3 Å². The normalized spacial score (nSPS) is 46.1. The van der Waals surface area contributed by atoms with Crippen LogP contribution in [0, 0.1) is 29.1 Å². The quantitative estimate of drug-likeness (QED) is 0.756. The van der Waals surface area contributed by atoms with Crippen LogP contribution < -0.4 is 5.73 Å². The molecule has 0 aromatic heterocycles. The van der Waals surface area contributed by atoms with Crippen molar-refractivity contribution < 1.29 is 0 Å². The largest absolute Gasteiger partial charge is 0.330 e. The van der Waals surface area contributed by atoms with E-state index >= 15 is 0 Å². The second-order valence-electron chi connectivity index (χ2n) is 6.73. The zero-order valence-corrected chi connectivity index (χ0v) is 11.3. The zero-order valence-electron chi connectivity index (χ0n) is 11.3. The highest BCUT2D eigenvalue weighted by Crippen LogP contribution is 2.57. The Hall–Kier alpha value is -0.0400. The number of rotatable bonds is 2. The SMILES string of the molecule is C[C@H](CN)[C@H]1CCC[C@H]2[C@@H](C)CCC[C@]12C. The van der Waals surface area contributed by atoms with Crippen LogP contribution in [0.5, 0.6) is 0 Å². The van der Waals surface area contributed by atoms with Gasteiger partial charge in [-0.25, -0.2) is 0 Å². The molecule has 0 aromatic carbocycles. The van der Waals surface area contributed by atoms with E-state index in [9.17, 15) is 0 Å². The van der Waals surface area contributed by atoms with Crippen molar-refractivity contribution >= 4 is 0 Å². The van der Waals surface area contributed by atoms with Crippen molar-refractivity contribution in [2.75, 3.05) is 6.54 Å². The van der Waals surface area contributed by atoms with Gasteiger partial charge in [0.2, 0.25) is 0 Å². The highest BCUT2D eigenvalue weighted by molar-refractivity contribution is 4.98. The Morgan fingerprint density at radius 3 is 2.69 bits per heavy atom. The summed E-state index contributed by atoms with van der Waals surface area (Å²) < 4.78 is 0. The summed E-state index contributed by atoms with van der Waals surface area (Å²) >= 11 is 0. The maximum atomic E-state index is 5.92. The average molecular weight is 223 g/mol. The molecule has 0 aromatic rings. The molecule has 2 rings (SSSR count). The number of hydrogen-bond donors (Lipinski definition) is 1. The van der Waals surface area contributed by atoms with Gasteiger partial charge in [-0.1, -0.05) is 40.0 Å². The lowest BCUT2D eigenvalue weighted by Crippen LogP contribution is -2.47. The maximum Gasteiger partial charge on any atom is -0.00486 e. The third-order valence-corrected chi connectivity index (χ3v) is 5.84. The van der Waals surface area contributed by atoms with Crippen LogP contribution in [-0.4, -0.2) is 6.54 Å². The van der Waals surface area contributed by atoms with Gasteiger partial charge in [0.15, 0.2) is 0 Å². The van der Waals surface area contributed by atoms with E-state index in [1.54, 1.807) is 0 Å². The predicted octanol–water partition coefficient (Wildman–Crippen LogP) is 3.82. The molecule has 2 saturated carbocycles. The van der Waals surface area contributed by atoms with Crippen LogP contribution in [0.15, 0.2) is 0 Å². The summed E-state index contributed by atoms with van der Waals surface area (Å²) in [7, 11) is 0. The van der Waals surface area contributed by atoms with Crippen LogP contribution in [0.2, 0.25) is 0 Å². The Balaban J connectivity index is 2.20. The molecule has 2 aliphatic carbocycles. The van der Waals surface area contributed by atoms with E-state index in [-0.39, 0.29) is 0 Å². The average Bonchev–Trinajstić information content (AvgIpc) is 2.27. The second-order valence-corrected chi connectivity index (χ2v) is 6.73. The molecule has 0 amide bonds. The lowest BCUT2D eigenvalue weighted by Gasteiger charge is -2.55. The number of hydrogen-bond acceptors (Lipinski definition) is 1. The predicted molar refractivity (Wildman–Crippen MR) is 70.2 cm³/mol. The molecule has 5 atom stereocenters. The van der Waals surface area contributed by atoms with Crippen molar-refractivity contribution in [3.8, 4) is 0 Å². The van der Waals surface area contributed by atoms with Crippen LogP contribution in [-0.2, 0) is 0 Å². The first-order valence-electron chi connectivity index (χ1n) is 7.29. The Kier molecular flexibility index (Phi) is 3.63. The van der Waals surface area contributed by atoms with E-state index in [1.807, 2.05) is 0 Å². The third kappa shape index (κ3) is 1.92. The van der Waals surface area contributed by atoms with Gasteiger partial charge in [0.1, 0.15) is 0 Å². The van der Waals surface area contributed by atoms with Crippen LogP contribution in [0.3, 0.4) is 0 Å². The minimum absolute atomic E-state index is 0.606. The molecular weight excluding hydrogens is 194 g/mol. The molecule has 94 valence electrons. The van der Waals surface area contributed by atoms with E-state index in [4.69, 9.17) is 5.73 Å². The molecule has 0 aliphatic heterocycles. The molecule has 0 bridgehead atoms. The van der Waals surface area contributed by atoms with Crippen LogP contribution in [0.4, 0.5) is 0 Å². The summed E-state index contributed by atoms with van der Waals surface area (Å²) in [6.07, 6.45) is 8.71. The molecule has 2 fully saturated rings. The topological polar surface area (TPSA) is 26.0 Å². The van der Waals surface area contributed by atoms with E-state index in [0.29, 0.717) is 5.41 Å². The monoisotopic (exact) mass is 223 g/mol. The molecule has 0 unspecified atom stereocenters. The fourth-order valence-corrected chi connectivity index (χ4v) is 4.90. The molecule has 16 heavy (non-hydrogen) atoms. The first-order valence-corrected chi connectivity index (χ1v) is 7.29. The summed E-state index contributed by atoms with van der Waals surface area (Å²) in [6.45, 7) is 8.31. The summed E-state index contributed by atoms with van der Waals surface area (Å²) in [6, 6.07) is 0. The van der Waals surface area contributed by atoms with Gasteiger partial charge in [-0.3, -0.25) is 0 Å². The summed E-state index contributed by atoms with van der Waals surface area (Å²) in [5, 5.41) is 0. The second kappa shape index (κ2) is 4.68. The Bertz CT molecular complexity index is 238. The molecule has 0 heterocycles. The summed E-state index contributed by atoms with van der Waals surface area (Å²) in [5.74, 6) is 3.54. The Morgan fingerprint density at radius 1 is 1.25 bits per heavy atom. The van der Waals surface area contributed by atoms with Crippen molar-refractivity contribution in [1.82, 2.24) is 0 Å². The van der Waals surface area contributed by atoms with Crippen molar-refractivity contribution in [2.24, 2.45) is 34.8 Å².